The van der Waals surface area contributed by atoms with Crippen molar-refractivity contribution in [3.63, 3.8) is 0 Å². The van der Waals surface area contributed by atoms with E-state index in [1.165, 1.54) is 0 Å². The van der Waals surface area contributed by atoms with Crippen LogP contribution in [0.5, 0.6) is 0 Å². The highest BCUT2D eigenvalue weighted by Gasteiger charge is 2.36. The fourth-order valence-corrected chi connectivity index (χ4v) is 4.72. The number of aromatic amines is 1. The molecular weight excluding hydrogens is 414 g/mol. The molecule has 2 aromatic rings. The summed E-state index contributed by atoms with van der Waals surface area (Å²) in [6, 6.07) is 8.96. The van der Waals surface area contributed by atoms with E-state index in [1.54, 1.807) is 0 Å². The van der Waals surface area contributed by atoms with Crippen LogP contribution in [0.15, 0.2) is 30.3 Å². The molecule has 1 heterocycles. The van der Waals surface area contributed by atoms with Crippen molar-refractivity contribution in [3.05, 3.63) is 58.4 Å². The Morgan fingerprint density at radius 1 is 1.09 bits per heavy atom. The Kier molecular flexibility index (Phi) is 7.77. The van der Waals surface area contributed by atoms with Crippen molar-refractivity contribution in [1.82, 2.24) is 15.6 Å². The van der Waals surface area contributed by atoms with Crippen molar-refractivity contribution < 1.29 is 14.4 Å². The number of fused-ring (bicyclic) bond motifs is 1. The largest absolute Gasteiger partial charge is 0.354 e. The van der Waals surface area contributed by atoms with Gasteiger partial charge in [0.15, 0.2) is 5.78 Å². The molecular formula is C27H37N3O3. The number of benzene rings is 1. The van der Waals surface area contributed by atoms with Gasteiger partial charge in [-0.15, -0.1) is 0 Å². The molecule has 2 atom stereocenters. The minimum absolute atomic E-state index is 0.0883. The quantitative estimate of drug-likeness (QED) is 0.506. The summed E-state index contributed by atoms with van der Waals surface area (Å²) >= 11 is 0. The normalized spacial score (nSPS) is 16.6. The monoisotopic (exact) mass is 451 g/mol. The molecule has 2 amide bonds. The van der Waals surface area contributed by atoms with Crippen LogP contribution in [0.4, 0.5) is 0 Å². The Labute approximate surface area is 196 Å². The lowest BCUT2D eigenvalue weighted by Gasteiger charge is -2.28. The topological polar surface area (TPSA) is 91.1 Å². The van der Waals surface area contributed by atoms with Crippen LogP contribution in [-0.4, -0.2) is 28.6 Å². The van der Waals surface area contributed by atoms with E-state index in [0.29, 0.717) is 30.5 Å². The highest BCUT2D eigenvalue weighted by molar-refractivity contribution is 6.05. The zero-order valence-electron chi connectivity index (χ0n) is 20.5. The van der Waals surface area contributed by atoms with Gasteiger partial charge in [-0.3, -0.25) is 14.4 Å². The minimum atomic E-state index is -0.638. The molecule has 1 aromatic carbocycles. The van der Waals surface area contributed by atoms with E-state index in [-0.39, 0.29) is 29.1 Å². The van der Waals surface area contributed by atoms with Crippen LogP contribution in [0, 0.1) is 5.41 Å². The standard InChI is InChI=1S/C27H37N3O3/c1-6-8-14-20(25(32)28-17(3)18-12-10-9-11-13-18)30-26(33)24-19(7-2)23-21(29-24)15-27(4,5)16-22(23)31/h9-13,17,20,29H,6-8,14-16H2,1-5H3,(H,28,32)(H,30,33)/t17-,20-/m0/s1. The number of nitrogens with one attached hydrogen (secondary N) is 3. The fraction of sp³-hybridized carbons (Fsp3) is 0.519. The molecule has 6 heteroatoms. The van der Waals surface area contributed by atoms with E-state index in [4.69, 9.17) is 0 Å². The average molecular weight is 452 g/mol. The first kappa shape index (κ1) is 24.7. The first-order valence-electron chi connectivity index (χ1n) is 12.1. The second kappa shape index (κ2) is 10.4. The van der Waals surface area contributed by atoms with E-state index in [0.717, 1.165) is 36.1 Å². The van der Waals surface area contributed by atoms with Gasteiger partial charge in [0.05, 0.1) is 6.04 Å². The van der Waals surface area contributed by atoms with Gasteiger partial charge in [0.2, 0.25) is 5.91 Å². The lowest BCUT2D eigenvalue weighted by molar-refractivity contribution is -0.123. The van der Waals surface area contributed by atoms with Crippen LogP contribution in [0.25, 0.3) is 0 Å². The molecule has 3 rings (SSSR count). The van der Waals surface area contributed by atoms with Crippen molar-refractivity contribution in [2.45, 2.75) is 85.2 Å². The van der Waals surface area contributed by atoms with Gasteiger partial charge in [0, 0.05) is 17.7 Å². The SMILES string of the molecule is CCCC[C@H](NC(=O)c1[nH]c2c(c1CC)C(=O)CC(C)(C)C2)C(=O)N[C@@H](C)c1ccccc1. The number of ketones is 1. The lowest BCUT2D eigenvalue weighted by Crippen LogP contribution is -2.47. The number of aromatic nitrogens is 1. The van der Waals surface area contributed by atoms with Crippen molar-refractivity contribution in [1.29, 1.82) is 0 Å². The second-order valence-electron chi connectivity index (χ2n) is 9.94. The van der Waals surface area contributed by atoms with Gasteiger partial charge in [-0.05, 0) is 42.7 Å². The summed E-state index contributed by atoms with van der Waals surface area (Å²) in [6.07, 6.45) is 4.09. The predicted molar refractivity (Wildman–Crippen MR) is 130 cm³/mol. The van der Waals surface area contributed by atoms with Gasteiger partial charge in [-0.25, -0.2) is 0 Å². The third kappa shape index (κ3) is 5.73. The summed E-state index contributed by atoms with van der Waals surface area (Å²) in [5, 5.41) is 5.99. The van der Waals surface area contributed by atoms with Gasteiger partial charge in [0.25, 0.3) is 5.91 Å². The molecule has 1 aromatic heterocycles. The molecule has 0 unspecified atom stereocenters. The van der Waals surface area contributed by atoms with E-state index in [2.05, 4.69) is 36.4 Å². The molecule has 0 saturated carbocycles. The maximum atomic E-state index is 13.3. The molecule has 6 nitrogen and oxygen atoms in total. The molecule has 0 spiro atoms. The van der Waals surface area contributed by atoms with Gasteiger partial charge in [0.1, 0.15) is 11.7 Å². The van der Waals surface area contributed by atoms with Crippen molar-refractivity contribution in [3.8, 4) is 0 Å². The number of Topliss-reactive ketones (excluding diaryl/α,β-unsaturated/α-hetero) is 1. The second-order valence-corrected chi connectivity index (χ2v) is 9.94. The highest BCUT2D eigenvalue weighted by Crippen LogP contribution is 2.37. The summed E-state index contributed by atoms with van der Waals surface area (Å²) in [7, 11) is 0. The van der Waals surface area contributed by atoms with Gasteiger partial charge in [-0.1, -0.05) is 70.9 Å². The Balaban J connectivity index is 1.80. The zero-order chi connectivity index (χ0) is 24.2. The van der Waals surface area contributed by atoms with Crippen LogP contribution in [-0.2, 0) is 17.6 Å². The van der Waals surface area contributed by atoms with Crippen LogP contribution >= 0.6 is 0 Å². The van der Waals surface area contributed by atoms with E-state index in [9.17, 15) is 14.4 Å². The summed E-state index contributed by atoms with van der Waals surface area (Å²) < 4.78 is 0. The molecule has 0 aliphatic heterocycles. The number of amides is 2. The van der Waals surface area contributed by atoms with Gasteiger partial charge >= 0.3 is 0 Å². The summed E-state index contributed by atoms with van der Waals surface area (Å²) in [5.74, 6) is -0.430. The van der Waals surface area contributed by atoms with Crippen LogP contribution in [0.2, 0.25) is 0 Å². The predicted octanol–water partition coefficient (Wildman–Crippen LogP) is 4.90. The number of carbonyl (C=O) groups excluding carboxylic acids is 3. The number of carbonyl (C=O) groups is 3. The number of hydrogen-bond donors (Lipinski definition) is 3. The van der Waals surface area contributed by atoms with Crippen LogP contribution in [0.3, 0.4) is 0 Å². The first-order chi connectivity index (χ1) is 15.7. The Morgan fingerprint density at radius 2 is 1.79 bits per heavy atom. The Bertz CT molecular complexity index is 1010. The molecule has 33 heavy (non-hydrogen) atoms. The van der Waals surface area contributed by atoms with E-state index < -0.39 is 6.04 Å². The van der Waals surface area contributed by atoms with E-state index >= 15 is 0 Å². The van der Waals surface area contributed by atoms with Crippen molar-refractivity contribution in [2.75, 3.05) is 0 Å². The number of rotatable bonds is 9. The third-order valence-corrected chi connectivity index (χ3v) is 6.46. The molecule has 1 aliphatic carbocycles. The zero-order valence-corrected chi connectivity index (χ0v) is 20.5. The van der Waals surface area contributed by atoms with Crippen molar-refractivity contribution >= 4 is 17.6 Å². The third-order valence-electron chi connectivity index (χ3n) is 6.46. The Hall–Kier alpha value is -2.89. The van der Waals surface area contributed by atoms with E-state index in [1.807, 2.05) is 44.2 Å². The van der Waals surface area contributed by atoms with Gasteiger partial charge in [-0.2, -0.15) is 0 Å². The van der Waals surface area contributed by atoms with Crippen LogP contribution < -0.4 is 10.6 Å². The summed E-state index contributed by atoms with van der Waals surface area (Å²) in [5.41, 5.74) is 3.57. The molecule has 3 N–H and O–H groups in total. The minimum Gasteiger partial charge on any atom is -0.354 e. The lowest BCUT2D eigenvalue weighted by atomic mass is 9.75. The molecule has 178 valence electrons. The molecule has 0 saturated heterocycles. The molecule has 0 bridgehead atoms. The molecule has 0 fully saturated rings. The maximum absolute atomic E-state index is 13.3. The number of H-pyrrole nitrogens is 1. The van der Waals surface area contributed by atoms with Gasteiger partial charge < -0.3 is 15.6 Å². The Morgan fingerprint density at radius 3 is 2.42 bits per heavy atom. The molecule has 0 radical (unpaired) electrons. The highest BCUT2D eigenvalue weighted by atomic mass is 16.2. The fourth-order valence-electron chi connectivity index (χ4n) is 4.72. The number of hydrogen-bond acceptors (Lipinski definition) is 3. The summed E-state index contributed by atoms with van der Waals surface area (Å²) in [6.45, 7) is 10.1. The maximum Gasteiger partial charge on any atom is 0.268 e. The smallest absolute Gasteiger partial charge is 0.268 e. The van der Waals surface area contributed by atoms with Crippen molar-refractivity contribution in [2.24, 2.45) is 5.41 Å². The number of unbranched alkanes of at least 4 members (excludes halogenated alkanes) is 1. The van der Waals surface area contributed by atoms with Crippen LogP contribution in [0.1, 0.15) is 104 Å². The summed E-state index contributed by atoms with van der Waals surface area (Å²) in [4.78, 5) is 42.5. The average Bonchev–Trinajstić information content (AvgIpc) is 3.14. The first-order valence-corrected chi connectivity index (χ1v) is 12.1. The molecule has 1 aliphatic rings.